The highest BCUT2D eigenvalue weighted by Gasteiger charge is 2.22. The molecule has 0 bridgehead atoms. The van der Waals surface area contributed by atoms with E-state index in [-0.39, 0.29) is 5.92 Å². The summed E-state index contributed by atoms with van der Waals surface area (Å²) in [7, 11) is 1.18. The molecule has 0 aromatic heterocycles. The molecular formula is C10H15NO5. The summed E-state index contributed by atoms with van der Waals surface area (Å²) in [5, 5.41) is 11.0. The molecule has 0 heterocycles. The lowest BCUT2D eigenvalue weighted by Gasteiger charge is -2.16. The lowest BCUT2D eigenvalue weighted by molar-refractivity contribution is -0.142. The van der Waals surface area contributed by atoms with Crippen molar-refractivity contribution in [2.45, 2.75) is 19.9 Å². The first kappa shape index (κ1) is 14.2. The van der Waals surface area contributed by atoms with E-state index in [4.69, 9.17) is 5.11 Å². The molecule has 2 N–H and O–H groups in total. The number of esters is 1. The highest BCUT2D eigenvalue weighted by molar-refractivity contribution is 5.96. The van der Waals surface area contributed by atoms with Crippen LogP contribution in [0.1, 0.15) is 13.8 Å². The van der Waals surface area contributed by atoms with E-state index in [1.165, 1.54) is 7.11 Å². The molecule has 6 heteroatoms. The van der Waals surface area contributed by atoms with Crippen LogP contribution in [0.5, 0.6) is 0 Å². The topological polar surface area (TPSA) is 92.7 Å². The van der Waals surface area contributed by atoms with Crippen molar-refractivity contribution in [3.05, 3.63) is 12.2 Å². The Kier molecular flexibility index (Phi) is 5.84. The van der Waals surface area contributed by atoms with Crippen LogP contribution >= 0.6 is 0 Å². The number of carboxylic acids is 1. The molecule has 0 saturated carbocycles. The van der Waals surface area contributed by atoms with E-state index in [2.05, 4.69) is 10.1 Å². The van der Waals surface area contributed by atoms with Crippen molar-refractivity contribution in [3.8, 4) is 0 Å². The predicted molar refractivity (Wildman–Crippen MR) is 55.6 cm³/mol. The van der Waals surface area contributed by atoms with Gasteiger partial charge in [0.05, 0.1) is 7.11 Å². The van der Waals surface area contributed by atoms with Crippen LogP contribution in [0.15, 0.2) is 12.2 Å². The van der Waals surface area contributed by atoms with Crippen molar-refractivity contribution in [2.75, 3.05) is 7.11 Å². The average Bonchev–Trinajstić information content (AvgIpc) is 2.21. The summed E-state index contributed by atoms with van der Waals surface area (Å²) in [4.78, 5) is 32.6. The molecule has 0 aromatic rings. The first-order valence-electron chi connectivity index (χ1n) is 4.67. The van der Waals surface area contributed by atoms with Crippen molar-refractivity contribution in [3.63, 3.8) is 0 Å². The summed E-state index contributed by atoms with van der Waals surface area (Å²) in [6.45, 7) is 3.34. The molecule has 90 valence electrons. The summed E-state index contributed by atoms with van der Waals surface area (Å²) < 4.78 is 4.28. The van der Waals surface area contributed by atoms with Gasteiger partial charge in [-0.1, -0.05) is 13.8 Å². The second kappa shape index (κ2) is 6.60. The molecule has 0 radical (unpaired) electrons. The number of carboxylic acid groups (broad SMARTS) is 1. The third-order valence-corrected chi connectivity index (χ3v) is 1.80. The van der Waals surface area contributed by atoms with Crippen LogP contribution in [0.3, 0.4) is 0 Å². The van der Waals surface area contributed by atoms with Gasteiger partial charge in [-0.15, -0.1) is 0 Å². The van der Waals surface area contributed by atoms with Gasteiger partial charge in [0.1, 0.15) is 6.04 Å². The van der Waals surface area contributed by atoms with Crippen molar-refractivity contribution in [2.24, 2.45) is 5.92 Å². The zero-order valence-corrected chi connectivity index (χ0v) is 9.39. The number of methoxy groups -OCH3 is 1. The molecule has 0 aliphatic rings. The molecule has 0 saturated heterocycles. The SMILES string of the molecule is COC(=O)/C=C/C(=O)NC(C(=O)O)C(C)C. The van der Waals surface area contributed by atoms with Gasteiger partial charge < -0.3 is 15.2 Å². The lowest BCUT2D eigenvalue weighted by Crippen LogP contribution is -2.43. The molecule has 0 fully saturated rings. The Balaban J connectivity index is 4.37. The molecule has 1 unspecified atom stereocenters. The van der Waals surface area contributed by atoms with E-state index in [1.54, 1.807) is 13.8 Å². The summed E-state index contributed by atoms with van der Waals surface area (Å²) >= 11 is 0. The number of hydrogen-bond donors (Lipinski definition) is 2. The first-order chi connectivity index (χ1) is 7.38. The molecule has 1 atom stereocenters. The normalized spacial score (nSPS) is 12.5. The van der Waals surface area contributed by atoms with E-state index >= 15 is 0 Å². The van der Waals surface area contributed by atoms with Gasteiger partial charge in [0.2, 0.25) is 5.91 Å². The van der Waals surface area contributed by atoms with Gasteiger partial charge in [-0.2, -0.15) is 0 Å². The minimum absolute atomic E-state index is 0.243. The van der Waals surface area contributed by atoms with Gasteiger partial charge in [-0.3, -0.25) is 4.79 Å². The number of nitrogens with one attached hydrogen (secondary N) is 1. The molecule has 0 rings (SSSR count). The highest BCUT2D eigenvalue weighted by atomic mass is 16.5. The number of carbonyl (C=O) groups excluding carboxylic acids is 2. The minimum Gasteiger partial charge on any atom is -0.480 e. The largest absolute Gasteiger partial charge is 0.480 e. The maximum absolute atomic E-state index is 11.2. The van der Waals surface area contributed by atoms with E-state index in [0.717, 1.165) is 12.2 Å². The van der Waals surface area contributed by atoms with Gasteiger partial charge in [0, 0.05) is 12.2 Å². The number of amides is 1. The number of carbonyl (C=O) groups is 3. The molecule has 0 aliphatic heterocycles. The van der Waals surface area contributed by atoms with Gasteiger partial charge in [-0.25, -0.2) is 9.59 Å². The van der Waals surface area contributed by atoms with E-state index in [9.17, 15) is 14.4 Å². The van der Waals surface area contributed by atoms with Crippen LogP contribution in [0.25, 0.3) is 0 Å². The second-order valence-electron chi connectivity index (χ2n) is 3.43. The van der Waals surface area contributed by atoms with Gasteiger partial charge in [-0.05, 0) is 5.92 Å². The summed E-state index contributed by atoms with van der Waals surface area (Å²) in [5.41, 5.74) is 0. The fraction of sp³-hybridized carbons (Fsp3) is 0.500. The quantitative estimate of drug-likeness (QED) is 0.509. The van der Waals surface area contributed by atoms with Crippen LogP contribution in [-0.2, 0) is 19.1 Å². The molecule has 16 heavy (non-hydrogen) atoms. The Bertz CT molecular complexity index is 308. The van der Waals surface area contributed by atoms with Crippen molar-refractivity contribution in [1.82, 2.24) is 5.32 Å². The molecule has 0 aliphatic carbocycles. The Hall–Kier alpha value is -1.85. The number of aliphatic carboxylic acids is 1. The third kappa shape index (κ3) is 5.14. The van der Waals surface area contributed by atoms with Crippen LogP contribution in [0, 0.1) is 5.92 Å². The Labute approximate surface area is 93.3 Å². The lowest BCUT2D eigenvalue weighted by atomic mass is 10.1. The van der Waals surface area contributed by atoms with Crippen molar-refractivity contribution in [1.29, 1.82) is 0 Å². The minimum atomic E-state index is -1.12. The van der Waals surface area contributed by atoms with Gasteiger partial charge >= 0.3 is 11.9 Å². The monoisotopic (exact) mass is 229 g/mol. The molecular weight excluding hydrogens is 214 g/mol. The standard InChI is InChI=1S/C10H15NO5/c1-6(2)9(10(14)15)11-7(12)4-5-8(13)16-3/h4-6,9H,1-3H3,(H,11,12)(H,14,15)/b5-4+. The van der Waals surface area contributed by atoms with Gasteiger partial charge in [0.15, 0.2) is 0 Å². The average molecular weight is 229 g/mol. The van der Waals surface area contributed by atoms with Gasteiger partial charge in [0.25, 0.3) is 0 Å². The molecule has 6 nitrogen and oxygen atoms in total. The summed E-state index contributed by atoms with van der Waals surface area (Å²) in [6.07, 6.45) is 1.86. The Morgan fingerprint density at radius 2 is 1.81 bits per heavy atom. The Morgan fingerprint density at radius 3 is 2.19 bits per heavy atom. The summed E-state index contributed by atoms with van der Waals surface area (Å²) in [6, 6.07) is -0.977. The Morgan fingerprint density at radius 1 is 1.25 bits per heavy atom. The predicted octanol–water partition coefficient (Wildman–Crippen LogP) is -0.0590. The smallest absolute Gasteiger partial charge is 0.330 e. The summed E-state index contributed by atoms with van der Waals surface area (Å²) in [5.74, 6) is -2.68. The van der Waals surface area contributed by atoms with Crippen molar-refractivity contribution >= 4 is 17.8 Å². The van der Waals surface area contributed by atoms with Crippen LogP contribution in [0.4, 0.5) is 0 Å². The van der Waals surface area contributed by atoms with Crippen LogP contribution < -0.4 is 5.32 Å². The van der Waals surface area contributed by atoms with Crippen LogP contribution in [-0.4, -0.2) is 36.1 Å². The zero-order chi connectivity index (χ0) is 12.7. The van der Waals surface area contributed by atoms with Crippen LogP contribution in [0.2, 0.25) is 0 Å². The number of hydrogen-bond acceptors (Lipinski definition) is 4. The molecule has 1 amide bonds. The fourth-order valence-electron chi connectivity index (χ4n) is 0.927. The zero-order valence-electron chi connectivity index (χ0n) is 9.39. The number of rotatable bonds is 5. The maximum atomic E-state index is 11.2. The van der Waals surface area contributed by atoms with E-state index < -0.39 is 23.9 Å². The second-order valence-corrected chi connectivity index (χ2v) is 3.43. The van der Waals surface area contributed by atoms with E-state index in [0.29, 0.717) is 0 Å². The van der Waals surface area contributed by atoms with Crippen molar-refractivity contribution < 1.29 is 24.2 Å². The van der Waals surface area contributed by atoms with E-state index in [1.807, 2.05) is 0 Å². The maximum Gasteiger partial charge on any atom is 0.330 e. The fourth-order valence-corrected chi connectivity index (χ4v) is 0.927. The molecule has 0 spiro atoms. The number of ether oxygens (including phenoxy) is 1. The first-order valence-corrected chi connectivity index (χ1v) is 4.67. The third-order valence-electron chi connectivity index (χ3n) is 1.80. The highest BCUT2D eigenvalue weighted by Crippen LogP contribution is 2.01. The molecule has 0 aromatic carbocycles.